The maximum Gasteiger partial charge on any atom is 0.291 e. The molecule has 1 spiro atoms. The Bertz CT molecular complexity index is 1080. The maximum absolute atomic E-state index is 13.6. The minimum atomic E-state index is -1.14. The van der Waals surface area contributed by atoms with E-state index in [2.05, 4.69) is 5.32 Å². The Balaban J connectivity index is 1.62. The summed E-state index contributed by atoms with van der Waals surface area (Å²) in [6.45, 7) is 3.83. The zero-order chi connectivity index (χ0) is 21.9. The smallest absolute Gasteiger partial charge is 0.291 e. The lowest BCUT2D eigenvalue weighted by molar-refractivity contribution is -0.733. The van der Waals surface area contributed by atoms with Crippen LogP contribution in [0.25, 0.3) is 0 Å². The van der Waals surface area contributed by atoms with Gasteiger partial charge in [-0.25, -0.2) is 0 Å². The number of rotatable bonds is 4. The topological polar surface area (TPSA) is 103 Å². The van der Waals surface area contributed by atoms with Gasteiger partial charge in [-0.1, -0.05) is 37.3 Å². The van der Waals surface area contributed by atoms with Gasteiger partial charge in [0.25, 0.3) is 5.91 Å². The van der Waals surface area contributed by atoms with Crippen molar-refractivity contribution in [3.05, 3.63) is 59.7 Å². The third-order valence-electron chi connectivity index (χ3n) is 7.25. The number of likely N-dealkylation sites (tertiary alicyclic amines) is 1. The number of nitrogens with two attached hydrogens (primary N) is 1. The number of fused-ring (bicyclic) bond motifs is 4. The molecule has 31 heavy (non-hydrogen) atoms. The highest BCUT2D eigenvalue weighted by atomic mass is 16.3. The average molecular weight is 420 g/mol. The zero-order valence-electron chi connectivity index (χ0n) is 17.5. The molecule has 0 bridgehead atoms. The summed E-state index contributed by atoms with van der Waals surface area (Å²) in [5.41, 5.74) is 1.28. The summed E-state index contributed by atoms with van der Waals surface area (Å²) < 4.78 is 0. The summed E-state index contributed by atoms with van der Waals surface area (Å²) in [5.74, 6) is -1.80. The van der Waals surface area contributed by atoms with Gasteiger partial charge in [0, 0.05) is 18.0 Å². The molecule has 2 aromatic carbocycles. The number of nitrogens with zero attached hydrogens (tertiary/aromatic N) is 1. The lowest BCUT2D eigenvalue weighted by Crippen LogP contribution is -2.99. The second-order valence-electron chi connectivity index (χ2n) is 8.88. The molecule has 7 nitrogen and oxygen atoms in total. The minimum Gasteiger partial charge on any atom is -0.508 e. The Morgan fingerprint density at radius 1 is 1.10 bits per heavy atom. The number of imide groups is 1. The quantitative estimate of drug-likeness (QED) is 0.645. The Morgan fingerprint density at radius 3 is 2.52 bits per heavy atom. The second kappa shape index (κ2) is 6.92. The van der Waals surface area contributed by atoms with Crippen LogP contribution in [0.1, 0.15) is 31.4 Å². The highest BCUT2D eigenvalue weighted by Gasteiger charge is 2.74. The van der Waals surface area contributed by atoms with Gasteiger partial charge >= 0.3 is 0 Å². The van der Waals surface area contributed by atoms with Crippen LogP contribution in [-0.2, 0) is 26.3 Å². The van der Waals surface area contributed by atoms with Crippen LogP contribution in [0.2, 0.25) is 0 Å². The number of phenolic OH excluding ortho intramolecular Hbond substituents is 1. The van der Waals surface area contributed by atoms with E-state index in [0.29, 0.717) is 18.5 Å². The van der Waals surface area contributed by atoms with Crippen molar-refractivity contribution in [1.29, 1.82) is 0 Å². The van der Waals surface area contributed by atoms with Crippen molar-refractivity contribution in [2.45, 2.75) is 44.3 Å². The van der Waals surface area contributed by atoms with Gasteiger partial charge in [-0.05, 0) is 37.1 Å². The minimum absolute atomic E-state index is 0.174. The monoisotopic (exact) mass is 420 g/mol. The number of nitrogens with one attached hydrogen (secondary N) is 1. The number of carbonyl (C=O) groups excluding carboxylic acids is 3. The SMILES string of the molecule is CC[C@H](C)N1C(=O)[C@@H]2[C@H](Cc3ccc(O)cc3)[NH2+][C@@]3(C(=O)Nc4ccccc43)[C@@H]2C1=O. The molecule has 5 atom stereocenters. The number of quaternary nitrogens is 1. The van der Waals surface area contributed by atoms with Crippen LogP contribution in [0.4, 0.5) is 5.69 Å². The van der Waals surface area contributed by atoms with E-state index in [-0.39, 0.29) is 35.6 Å². The van der Waals surface area contributed by atoms with Gasteiger partial charge in [0.1, 0.15) is 23.6 Å². The third-order valence-corrected chi connectivity index (χ3v) is 7.25. The molecule has 3 heterocycles. The molecule has 3 aliphatic rings. The van der Waals surface area contributed by atoms with Gasteiger partial charge < -0.3 is 15.7 Å². The first-order valence-corrected chi connectivity index (χ1v) is 10.8. The molecule has 5 rings (SSSR count). The predicted octanol–water partition coefficient (Wildman–Crippen LogP) is 1.13. The summed E-state index contributed by atoms with van der Waals surface area (Å²) in [4.78, 5) is 41.9. The van der Waals surface area contributed by atoms with E-state index in [0.717, 1.165) is 11.1 Å². The van der Waals surface area contributed by atoms with Crippen molar-refractivity contribution < 1.29 is 24.8 Å². The molecule has 3 aliphatic heterocycles. The van der Waals surface area contributed by atoms with Crippen molar-refractivity contribution in [3.63, 3.8) is 0 Å². The largest absolute Gasteiger partial charge is 0.508 e. The number of benzene rings is 2. The average Bonchev–Trinajstić information content (AvgIpc) is 3.34. The van der Waals surface area contributed by atoms with Crippen molar-refractivity contribution >= 4 is 23.4 Å². The molecule has 0 aromatic heterocycles. The van der Waals surface area contributed by atoms with Crippen LogP contribution >= 0.6 is 0 Å². The first-order chi connectivity index (χ1) is 14.9. The summed E-state index contributed by atoms with van der Waals surface area (Å²) in [6, 6.07) is 13.8. The zero-order valence-corrected chi connectivity index (χ0v) is 17.5. The lowest BCUT2D eigenvalue weighted by atomic mass is 9.76. The molecule has 0 saturated carbocycles. The fourth-order valence-electron chi connectivity index (χ4n) is 5.65. The van der Waals surface area contributed by atoms with E-state index >= 15 is 0 Å². The highest BCUT2D eigenvalue weighted by Crippen LogP contribution is 2.49. The Hall–Kier alpha value is -3.19. The second-order valence-corrected chi connectivity index (χ2v) is 8.88. The van der Waals surface area contributed by atoms with Crippen molar-refractivity contribution in [2.24, 2.45) is 11.8 Å². The maximum atomic E-state index is 13.6. The molecule has 2 saturated heterocycles. The van der Waals surface area contributed by atoms with E-state index in [1.54, 1.807) is 12.1 Å². The molecule has 3 amide bonds. The van der Waals surface area contributed by atoms with E-state index in [9.17, 15) is 19.5 Å². The van der Waals surface area contributed by atoms with Crippen molar-refractivity contribution in [2.75, 3.05) is 5.32 Å². The number of aromatic hydroxyl groups is 1. The molecule has 0 unspecified atom stereocenters. The van der Waals surface area contributed by atoms with Crippen LogP contribution < -0.4 is 10.6 Å². The normalized spacial score (nSPS) is 29.9. The van der Waals surface area contributed by atoms with Crippen molar-refractivity contribution in [3.8, 4) is 5.75 Å². The van der Waals surface area contributed by atoms with Crippen LogP contribution in [0.5, 0.6) is 5.75 Å². The molecule has 2 aromatic rings. The molecule has 2 fully saturated rings. The van der Waals surface area contributed by atoms with Crippen LogP contribution in [0.15, 0.2) is 48.5 Å². The van der Waals surface area contributed by atoms with Gasteiger partial charge in [-0.3, -0.25) is 19.3 Å². The fraction of sp³-hybridized carbons (Fsp3) is 0.375. The summed E-state index contributed by atoms with van der Waals surface area (Å²) in [7, 11) is 0. The number of carbonyl (C=O) groups is 3. The molecule has 4 N–H and O–H groups in total. The molecule has 7 heteroatoms. The Labute approximate surface area is 180 Å². The number of hydrogen-bond acceptors (Lipinski definition) is 4. The molecule has 0 radical (unpaired) electrons. The van der Waals surface area contributed by atoms with E-state index in [1.165, 1.54) is 4.90 Å². The third kappa shape index (κ3) is 2.66. The summed E-state index contributed by atoms with van der Waals surface area (Å²) >= 11 is 0. The summed E-state index contributed by atoms with van der Waals surface area (Å²) in [5, 5.41) is 14.5. The van der Waals surface area contributed by atoms with E-state index in [1.807, 2.05) is 55.6 Å². The summed E-state index contributed by atoms with van der Waals surface area (Å²) in [6.07, 6.45) is 1.19. The van der Waals surface area contributed by atoms with Gasteiger partial charge in [-0.15, -0.1) is 0 Å². The molecule has 160 valence electrons. The van der Waals surface area contributed by atoms with Crippen molar-refractivity contribution in [1.82, 2.24) is 4.90 Å². The Kier molecular flexibility index (Phi) is 4.41. The van der Waals surface area contributed by atoms with Gasteiger partial charge in [-0.2, -0.15) is 0 Å². The lowest BCUT2D eigenvalue weighted by Gasteiger charge is -2.28. The van der Waals surface area contributed by atoms with Crippen LogP contribution in [0, 0.1) is 11.8 Å². The first-order valence-electron chi connectivity index (χ1n) is 10.8. The standard InChI is InChI=1S/C24H25N3O4/c1-3-13(2)27-21(29)19-18(12-14-8-10-15(28)11-9-14)26-24(20(19)22(27)30)16-6-4-5-7-17(16)25-23(24)31/h4-11,13,18-20,26,28H,3,12H2,1-2H3,(H,25,31)/p+1/t13-,18-,19+,20-,24+/m0/s1. The molecular weight excluding hydrogens is 394 g/mol. The molecular formula is C24H26N3O4+. The number of amides is 3. The van der Waals surface area contributed by atoms with E-state index < -0.39 is 17.4 Å². The van der Waals surface area contributed by atoms with Crippen LogP contribution in [-0.4, -0.2) is 39.8 Å². The number of para-hydroxylation sites is 1. The predicted molar refractivity (Wildman–Crippen MR) is 113 cm³/mol. The van der Waals surface area contributed by atoms with Gasteiger partial charge in [0.2, 0.25) is 17.4 Å². The van der Waals surface area contributed by atoms with Gasteiger partial charge in [0.15, 0.2) is 0 Å². The number of hydrogen-bond donors (Lipinski definition) is 3. The number of phenols is 1. The first kappa shape index (κ1) is 19.8. The Morgan fingerprint density at radius 2 is 1.81 bits per heavy atom. The number of anilines is 1. The van der Waals surface area contributed by atoms with E-state index in [4.69, 9.17) is 0 Å². The molecule has 0 aliphatic carbocycles. The highest BCUT2D eigenvalue weighted by molar-refractivity contribution is 6.14. The van der Waals surface area contributed by atoms with Crippen LogP contribution in [0.3, 0.4) is 0 Å². The fourth-order valence-corrected chi connectivity index (χ4v) is 5.65. The van der Waals surface area contributed by atoms with Gasteiger partial charge in [0.05, 0.1) is 5.69 Å².